The van der Waals surface area contributed by atoms with Gasteiger partial charge < -0.3 is 15.8 Å². The smallest absolute Gasteiger partial charge is 0.408 e. The van der Waals surface area contributed by atoms with Crippen molar-refractivity contribution < 1.29 is 9.53 Å². The fraction of sp³-hybridized carbons (Fsp3) is 0.897. The minimum atomic E-state index is -0.367. The van der Waals surface area contributed by atoms with E-state index in [2.05, 4.69) is 46.0 Å². The Labute approximate surface area is 202 Å². The van der Waals surface area contributed by atoms with E-state index in [0.717, 1.165) is 54.8 Å². The third-order valence-electron chi connectivity index (χ3n) is 10.8. The predicted octanol–water partition coefficient (Wildman–Crippen LogP) is 7.04. The minimum Gasteiger partial charge on any atom is -0.446 e. The molecule has 0 aromatic carbocycles. The maximum Gasteiger partial charge on any atom is 0.408 e. The molecule has 0 aromatic rings. The molecule has 0 unspecified atom stereocenters. The van der Waals surface area contributed by atoms with E-state index in [0.29, 0.717) is 10.8 Å². The molecule has 4 aliphatic rings. The molecule has 4 rings (SSSR count). The summed E-state index contributed by atoms with van der Waals surface area (Å²) >= 11 is 0. The van der Waals surface area contributed by atoms with Crippen molar-refractivity contribution >= 4 is 6.09 Å². The molecule has 0 aliphatic heterocycles. The predicted molar refractivity (Wildman–Crippen MR) is 136 cm³/mol. The van der Waals surface area contributed by atoms with Crippen LogP contribution in [0, 0.1) is 46.3 Å². The van der Waals surface area contributed by atoms with Crippen LogP contribution in [-0.4, -0.2) is 18.9 Å². The number of alkyl carbamates (subject to hydrolysis) is 1. The molecule has 0 bridgehead atoms. The monoisotopic (exact) mass is 458 g/mol. The molecule has 1 amide bonds. The van der Waals surface area contributed by atoms with Crippen molar-refractivity contribution in [3.63, 3.8) is 0 Å². The Balaban J connectivity index is 1.43. The maximum absolute atomic E-state index is 11.9. The first kappa shape index (κ1) is 25.1. The fourth-order valence-corrected chi connectivity index (χ4v) is 9.03. The molecular formula is C29H50N2O2. The molecule has 33 heavy (non-hydrogen) atoms. The zero-order valence-electron chi connectivity index (χ0n) is 22.0. The van der Waals surface area contributed by atoms with E-state index in [1.165, 1.54) is 51.4 Å². The fourth-order valence-electron chi connectivity index (χ4n) is 9.03. The van der Waals surface area contributed by atoms with E-state index in [-0.39, 0.29) is 18.9 Å². The van der Waals surface area contributed by atoms with E-state index in [1.807, 2.05) is 0 Å². The zero-order chi connectivity index (χ0) is 23.8. The molecule has 3 N–H and O–H groups in total. The van der Waals surface area contributed by atoms with Crippen molar-refractivity contribution in [2.24, 2.45) is 52.1 Å². The Hall–Kier alpha value is -1.03. The largest absolute Gasteiger partial charge is 0.446 e. The molecule has 3 fully saturated rings. The SMILES string of the molecule is CC(C)CCC[C@@H](C)[C@H]1CC[C@H]2[C@@H]3CC=C4C[C@@H](OC(=O)NCN)CC[C@]4(C)[C@H]3CC[C@]12C. The summed E-state index contributed by atoms with van der Waals surface area (Å²) in [6.45, 7) is 12.6. The second-order valence-corrected chi connectivity index (χ2v) is 12.9. The van der Waals surface area contributed by atoms with Gasteiger partial charge in [0.2, 0.25) is 0 Å². The van der Waals surface area contributed by atoms with Crippen molar-refractivity contribution in [3.05, 3.63) is 11.6 Å². The quantitative estimate of drug-likeness (QED) is 0.318. The van der Waals surface area contributed by atoms with Crippen LogP contribution >= 0.6 is 0 Å². The molecule has 8 atom stereocenters. The van der Waals surface area contributed by atoms with Crippen molar-refractivity contribution in [2.45, 2.75) is 111 Å². The van der Waals surface area contributed by atoms with Crippen LogP contribution in [0.25, 0.3) is 0 Å². The average molecular weight is 459 g/mol. The molecule has 0 heterocycles. The van der Waals surface area contributed by atoms with Gasteiger partial charge in [-0.15, -0.1) is 0 Å². The summed E-state index contributed by atoms with van der Waals surface area (Å²) in [4.78, 5) is 11.9. The highest BCUT2D eigenvalue weighted by Crippen LogP contribution is 2.67. The Morgan fingerprint density at radius 2 is 1.91 bits per heavy atom. The number of carbonyl (C=O) groups is 1. The van der Waals surface area contributed by atoms with Gasteiger partial charge in [-0.25, -0.2) is 4.79 Å². The first-order valence-corrected chi connectivity index (χ1v) is 14.0. The molecule has 0 saturated heterocycles. The van der Waals surface area contributed by atoms with Gasteiger partial charge in [0.05, 0.1) is 6.67 Å². The van der Waals surface area contributed by atoms with Crippen LogP contribution in [0.3, 0.4) is 0 Å². The highest BCUT2D eigenvalue weighted by Gasteiger charge is 2.59. The van der Waals surface area contributed by atoms with Gasteiger partial charge in [0.1, 0.15) is 6.10 Å². The summed E-state index contributed by atoms with van der Waals surface area (Å²) in [5, 5.41) is 2.58. The van der Waals surface area contributed by atoms with Crippen LogP contribution in [-0.2, 0) is 4.74 Å². The second-order valence-electron chi connectivity index (χ2n) is 12.9. The van der Waals surface area contributed by atoms with Gasteiger partial charge in [-0.3, -0.25) is 0 Å². The summed E-state index contributed by atoms with van der Waals surface area (Å²) in [6.07, 6.45) is 16.4. The van der Waals surface area contributed by atoms with Crippen molar-refractivity contribution in [2.75, 3.05) is 6.67 Å². The highest BCUT2D eigenvalue weighted by molar-refractivity contribution is 5.67. The van der Waals surface area contributed by atoms with E-state index in [9.17, 15) is 4.79 Å². The Bertz CT molecular complexity index is 733. The molecule has 0 radical (unpaired) electrons. The van der Waals surface area contributed by atoms with E-state index in [1.54, 1.807) is 5.57 Å². The van der Waals surface area contributed by atoms with Crippen LogP contribution in [0.2, 0.25) is 0 Å². The van der Waals surface area contributed by atoms with Gasteiger partial charge >= 0.3 is 6.09 Å². The zero-order valence-corrected chi connectivity index (χ0v) is 22.0. The summed E-state index contributed by atoms with van der Waals surface area (Å²) in [5.74, 6) is 5.17. The third kappa shape index (κ3) is 4.75. The van der Waals surface area contributed by atoms with Crippen molar-refractivity contribution in [1.29, 1.82) is 0 Å². The molecule has 4 aliphatic carbocycles. The summed E-state index contributed by atoms with van der Waals surface area (Å²) < 4.78 is 5.66. The second kappa shape index (κ2) is 9.91. The number of allylic oxidation sites excluding steroid dienone is 1. The number of ether oxygens (including phenoxy) is 1. The summed E-state index contributed by atoms with van der Waals surface area (Å²) in [5.41, 5.74) is 7.84. The van der Waals surface area contributed by atoms with Gasteiger partial charge in [-0.2, -0.15) is 0 Å². The number of rotatable bonds is 7. The molecule has 4 nitrogen and oxygen atoms in total. The lowest BCUT2D eigenvalue weighted by molar-refractivity contribution is -0.0581. The van der Waals surface area contributed by atoms with Crippen LogP contribution in [0.15, 0.2) is 11.6 Å². The van der Waals surface area contributed by atoms with Crippen LogP contribution in [0.5, 0.6) is 0 Å². The van der Waals surface area contributed by atoms with Crippen LogP contribution in [0.1, 0.15) is 105 Å². The molecule has 4 heteroatoms. The van der Waals surface area contributed by atoms with Crippen molar-refractivity contribution in [3.8, 4) is 0 Å². The number of nitrogens with two attached hydrogens (primary N) is 1. The topological polar surface area (TPSA) is 64.3 Å². The van der Waals surface area contributed by atoms with Gasteiger partial charge in [-0.05, 0) is 91.3 Å². The molecule has 0 aromatic heterocycles. The Morgan fingerprint density at radius 3 is 2.64 bits per heavy atom. The van der Waals surface area contributed by atoms with Crippen molar-refractivity contribution in [1.82, 2.24) is 5.32 Å². The van der Waals surface area contributed by atoms with Crippen LogP contribution in [0.4, 0.5) is 4.79 Å². The first-order chi connectivity index (χ1) is 15.7. The Kier molecular flexibility index (Phi) is 7.53. The van der Waals surface area contributed by atoms with E-state index in [4.69, 9.17) is 10.5 Å². The summed E-state index contributed by atoms with van der Waals surface area (Å²) in [6, 6.07) is 0. The number of amides is 1. The normalized spacial score (nSPS) is 40.9. The average Bonchev–Trinajstić information content (AvgIpc) is 3.11. The number of nitrogens with one attached hydrogen (secondary N) is 1. The van der Waals surface area contributed by atoms with Gasteiger partial charge in [0, 0.05) is 6.42 Å². The third-order valence-corrected chi connectivity index (χ3v) is 10.8. The first-order valence-electron chi connectivity index (χ1n) is 14.0. The van der Waals surface area contributed by atoms with E-state index < -0.39 is 0 Å². The lowest BCUT2D eigenvalue weighted by atomic mass is 9.47. The number of hydrogen-bond acceptors (Lipinski definition) is 3. The standard InChI is InChI=1S/C29H50N2O2/c1-19(2)7-6-8-20(3)24-11-12-25-23-10-9-21-17-22(33-27(32)31-18-30)13-15-28(21,4)26(23)14-16-29(24,25)5/h9,19-20,22-26H,6-8,10-18,30H2,1-5H3,(H,31,32)/t20-,22+,23+,24-,25+,26+,28+,29-/m1/s1. The van der Waals surface area contributed by atoms with Gasteiger partial charge in [-0.1, -0.05) is 65.5 Å². The number of hydrogen-bond donors (Lipinski definition) is 2. The number of fused-ring (bicyclic) bond motifs is 5. The molecular weight excluding hydrogens is 408 g/mol. The summed E-state index contributed by atoms with van der Waals surface area (Å²) in [7, 11) is 0. The maximum atomic E-state index is 11.9. The lowest BCUT2D eigenvalue weighted by Crippen LogP contribution is -2.51. The lowest BCUT2D eigenvalue weighted by Gasteiger charge is -2.58. The molecule has 188 valence electrons. The number of carbonyl (C=O) groups excluding carboxylic acids is 1. The van der Waals surface area contributed by atoms with E-state index >= 15 is 0 Å². The van der Waals surface area contributed by atoms with Gasteiger partial charge in [0.15, 0.2) is 0 Å². The highest BCUT2D eigenvalue weighted by atomic mass is 16.6. The molecule has 0 spiro atoms. The minimum absolute atomic E-state index is 0.00355. The van der Waals surface area contributed by atoms with Crippen LogP contribution < -0.4 is 11.1 Å². The molecule has 3 saturated carbocycles. The Morgan fingerprint density at radius 1 is 1.12 bits per heavy atom. The van der Waals surface area contributed by atoms with Gasteiger partial charge in [0.25, 0.3) is 0 Å².